The number of aromatic hydroxyl groups is 1. The Morgan fingerprint density at radius 3 is 2.55 bits per heavy atom. The van der Waals surface area contributed by atoms with Crippen LogP contribution in [0, 0.1) is 0 Å². The standard InChI is InChI=1S/C26H38N4O2.HI/c1-2-27-26(29-16-12-22-10-6-11-24(31)20-22)28-15-7-19-32-25-13-17-30(18-14-25)21-23-8-4-3-5-9-23;/h3-6,8-11,20,25,31H,2,7,12-19,21H2,1H3,(H2,27,28,29);1H. The molecule has 0 bridgehead atoms. The monoisotopic (exact) mass is 566 g/mol. The predicted octanol–water partition coefficient (Wildman–Crippen LogP) is 4.18. The van der Waals surface area contributed by atoms with Crippen molar-refractivity contribution in [3.8, 4) is 5.75 Å². The zero-order valence-electron chi connectivity index (χ0n) is 19.7. The number of aliphatic imine (C=N–C) groups is 1. The van der Waals surface area contributed by atoms with Crippen molar-refractivity contribution in [2.75, 3.05) is 39.3 Å². The molecule has 1 aliphatic heterocycles. The number of benzene rings is 2. The lowest BCUT2D eigenvalue weighted by Gasteiger charge is -2.31. The maximum Gasteiger partial charge on any atom is 0.191 e. The summed E-state index contributed by atoms with van der Waals surface area (Å²) >= 11 is 0. The second-order valence-electron chi connectivity index (χ2n) is 8.29. The van der Waals surface area contributed by atoms with E-state index in [1.165, 1.54) is 5.56 Å². The van der Waals surface area contributed by atoms with Crippen molar-refractivity contribution in [2.45, 2.75) is 45.3 Å². The van der Waals surface area contributed by atoms with E-state index in [2.05, 4.69) is 57.8 Å². The number of halogens is 1. The number of guanidine groups is 1. The zero-order chi connectivity index (χ0) is 22.4. The van der Waals surface area contributed by atoms with Crippen LogP contribution in [0.4, 0.5) is 0 Å². The number of likely N-dealkylation sites (tertiary alicyclic amines) is 1. The van der Waals surface area contributed by atoms with Gasteiger partial charge in [-0.2, -0.15) is 0 Å². The Bertz CT molecular complexity index is 811. The molecule has 33 heavy (non-hydrogen) atoms. The largest absolute Gasteiger partial charge is 0.508 e. The minimum absolute atomic E-state index is 0. The molecule has 0 radical (unpaired) electrons. The number of piperidine rings is 1. The molecule has 3 N–H and O–H groups in total. The van der Waals surface area contributed by atoms with Gasteiger partial charge in [-0.05, 0) is 55.9 Å². The average Bonchev–Trinajstić information content (AvgIpc) is 2.81. The van der Waals surface area contributed by atoms with Crippen molar-refractivity contribution in [1.82, 2.24) is 15.5 Å². The molecule has 7 heteroatoms. The molecule has 0 amide bonds. The lowest BCUT2D eigenvalue weighted by atomic mass is 10.1. The topological polar surface area (TPSA) is 69.1 Å². The lowest BCUT2D eigenvalue weighted by Crippen LogP contribution is -2.38. The highest BCUT2D eigenvalue weighted by Gasteiger charge is 2.19. The van der Waals surface area contributed by atoms with Crippen molar-refractivity contribution in [3.63, 3.8) is 0 Å². The van der Waals surface area contributed by atoms with Crippen molar-refractivity contribution in [3.05, 3.63) is 65.7 Å². The molecule has 2 aromatic rings. The summed E-state index contributed by atoms with van der Waals surface area (Å²) in [6.45, 7) is 8.41. The first kappa shape index (κ1) is 27.4. The van der Waals surface area contributed by atoms with Gasteiger partial charge in [0.1, 0.15) is 5.75 Å². The van der Waals surface area contributed by atoms with E-state index in [1.54, 1.807) is 12.1 Å². The van der Waals surface area contributed by atoms with Crippen LogP contribution in [0.3, 0.4) is 0 Å². The molecule has 182 valence electrons. The molecule has 1 heterocycles. The number of nitrogens with one attached hydrogen (secondary N) is 2. The molecule has 0 spiro atoms. The Morgan fingerprint density at radius 2 is 1.82 bits per heavy atom. The molecule has 0 saturated carbocycles. The van der Waals surface area contributed by atoms with Gasteiger partial charge >= 0.3 is 0 Å². The first-order valence-electron chi connectivity index (χ1n) is 11.9. The van der Waals surface area contributed by atoms with Gasteiger partial charge in [0, 0.05) is 45.9 Å². The van der Waals surface area contributed by atoms with Gasteiger partial charge < -0.3 is 20.5 Å². The summed E-state index contributed by atoms with van der Waals surface area (Å²) in [5.41, 5.74) is 2.49. The normalized spacial score (nSPS) is 15.1. The molecule has 0 aliphatic carbocycles. The fourth-order valence-corrected chi connectivity index (χ4v) is 3.96. The van der Waals surface area contributed by atoms with Gasteiger partial charge in [-0.25, -0.2) is 0 Å². The molecule has 1 fully saturated rings. The van der Waals surface area contributed by atoms with Crippen LogP contribution >= 0.6 is 24.0 Å². The number of phenols is 1. The third-order valence-corrected chi connectivity index (χ3v) is 5.67. The van der Waals surface area contributed by atoms with Crippen LogP contribution in [0.2, 0.25) is 0 Å². The van der Waals surface area contributed by atoms with Gasteiger partial charge in [-0.15, -0.1) is 24.0 Å². The van der Waals surface area contributed by atoms with Crippen LogP contribution in [-0.4, -0.2) is 61.4 Å². The number of hydrogen-bond acceptors (Lipinski definition) is 4. The molecular weight excluding hydrogens is 527 g/mol. The molecule has 0 aromatic heterocycles. The zero-order valence-corrected chi connectivity index (χ0v) is 22.0. The van der Waals surface area contributed by atoms with Crippen molar-refractivity contribution >= 4 is 29.9 Å². The molecule has 0 unspecified atom stereocenters. The Hall–Kier alpha value is -1.84. The fourth-order valence-electron chi connectivity index (χ4n) is 3.96. The minimum atomic E-state index is 0. The van der Waals surface area contributed by atoms with Crippen molar-refractivity contribution in [2.24, 2.45) is 4.99 Å². The van der Waals surface area contributed by atoms with E-state index in [1.807, 2.05) is 12.1 Å². The van der Waals surface area contributed by atoms with Gasteiger partial charge in [0.15, 0.2) is 5.96 Å². The first-order chi connectivity index (χ1) is 15.7. The number of phenolic OH excluding ortho intramolecular Hbond substituents is 1. The molecule has 2 aromatic carbocycles. The molecule has 6 nitrogen and oxygen atoms in total. The Kier molecular flexibility index (Phi) is 13.2. The molecule has 0 atom stereocenters. The summed E-state index contributed by atoms with van der Waals surface area (Å²) in [6.07, 6.45) is 4.35. The maximum absolute atomic E-state index is 9.57. The molecular formula is C26H39IN4O2. The van der Waals surface area contributed by atoms with Gasteiger partial charge in [0.2, 0.25) is 0 Å². The first-order valence-corrected chi connectivity index (χ1v) is 11.9. The third-order valence-electron chi connectivity index (χ3n) is 5.67. The number of ether oxygens (including phenoxy) is 1. The van der Waals surface area contributed by atoms with Crippen LogP contribution < -0.4 is 10.6 Å². The second-order valence-corrected chi connectivity index (χ2v) is 8.29. The van der Waals surface area contributed by atoms with Gasteiger partial charge in [-0.3, -0.25) is 9.89 Å². The maximum atomic E-state index is 9.57. The van der Waals surface area contributed by atoms with E-state index in [0.29, 0.717) is 11.9 Å². The Balaban J connectivity index is 0.00000385. The van der Waals surface area contributed by atoms with Crippen molar-refractivity contribution in [1.29, 1.82) is 0 Å². The third kappa shape index (κ3) is 10.8. The van der Waals surface area contributed by atoms with Gasteiger partial charge in [0.25, 0.3) is 0 Å². The summed E-state index contributed by atoms with van der Waals surface area (Å²) < 4.78 is 6.11. The number of rotatable bonds is 11. The predicted molar refractivity (Wildman–Crippen MR) is 147 cm³/mol. The second kappa shape index (κ2) is 15.9. The highest BCUT2D eigenvalue weighted by Crippen LogP contribution is 2.16. The fraction of sp³-hybridized carbons (Fsp3) is 0.500. The minimum Gasteiger partial charge on any atom is -0.508 e. The highest BCUT2D eigenvalue weighted by molar-refractivity contribution is 14.0. The average molecular weight is 567 g/mol. The van der Waals surface area contributed by atoms with Crippen LogP contribution in [0.25, 0.3) is 0 Å². The number of hydrogen-bond donors (Lipinski definition) is 3. The SMILES string of the molecule is CCNC(=NCCCOC1CCN(Cc2ccccc2)CC1)NCCc1cccc(O)c1.I. The van der Waals surface area contributed by atoms with Crippen LogP contribution in [0.1, 0.15) is 37.3 Å². The smallest absolute Gasteiger partial charge is 0.191 e. The van der Waals surface area contributed by atoms with Gasteiger partial charge in [-0.1, -0.05) is 42.5 Å². The quantitative estimate of drug-likeness (QED) is 0.165. The van der Waals surface area contributed by atoms with E-state index in [9.17, 15) is 5.11 Å². The van der Waals surface area contributed by atoms with Gasteiger partial charge in [0.05, 0.1) is 6.10 Å². The van der Waals surface area contributed by atoms with E-state index in [0.717, 1.165) is 83.1 Å². The van der Waals surface area contributed by atoms with Crippen molar-refractivity contribution < 1.29 is 9.84 Å². The van der Waals surface area contributed by atoms with E-state index in [-0.39, 0.29) is 24.0 Å². The van der Waals surface area contributed by atoms with E-state index in [4.69, 9.17) is 4.74 Å². The van der Waals surface area contributed by atoms with Crippen LogP contribution in [0.15, 0.2) is 59.6 Å². The Morgan fingerprint density at radius 1 is 1.06 bits per heavy atom. The van der Waals surface area contributed by atoms with E-state index < -0.39 is 0 Å². The summed E-state index contributed by atoms with van der Waals surface area (Å²) in [5.74, 6) is 1.15. The summed E-state index contributed by atoms with van der Waals surface area (Å²) in [4.78, 5) is 7.18. The Labute approximate surface area is 215 Å². The molecule has 1 aliphatic rings. The highest BCUT2D eigenvalue weighted by atomic mass is 127. The van der Waals surface area contributed by atoms with Crippen LogP contribution in [-0.2, 0) is 17.7 Å². The molecule has 3 rings (SSSR count). The summed E-state index contributed by atoms with van der Waals surface area (Å²) in [5, 5.41) is 16.2. The summed E-state index contributed by atoms with van der Waals surface area (Å²) in [6, 6.07) is 18.1. The lowest BCUT2D eigenvalue weighted by molar-refractivity contribution is 0.00566. The van der Waals surface area contributed by atoms with Crippen LogP contribution in [0.5, 0.6) is 5.75 Å². The van der Waals surface area contributed by atoms with E-state index >= 15 is 0 Å². The molecule has 1 saturated heterocycles. The number of nitrogens with zero attached hydrogens (tertiary/aromatic N) is 2. The summed E-state index contributed by atoms with van der Waals surface area (Å²) in [7, 11) is 0.